The summed E-state index contributed by atoms with van der Waals surface area (Å²) in [5.74, 6) is -0.318. The number of thioether (sulfide) groups is 1. The number of thiophene rings is 1. The lowest BCUT2D eigenvalue weighted by Gasteiger charge is -2.14. The van der Waals surface area contributed by atoms with Gasteiger partial charge < -0.3 is 0 Å². The molecule has 0 atom stereocenters. The molecule has 0 saturated carbocycles. The fraction of sp³-hybridized carbons (Fsp3) is 0.125. The summed E-state index contributed by atoms with van der Waals surface area (Å²) in [6, 6.07) is 9.00. The third-order valence-electron chi connectivity index (χ3n) is 3.29. The fourth-order valence-corrected chi connectivity index (χ4v) is 4.38. The van der Waals surface area contributed by atoms with E-state index in [1.165, 1.54) is 4.90 Å². The average Bonchev–Trinajstić information content (AvgIpc) is 3.01. The first-order chi connectivity index (χ1) is 11.0. The highest BCUT2D eigenvalue weighted by Gasteiger charge is 2.35. The molecule has 2 heterocycles. The number of rotatable bonds is 3. The molecular formula is C16H11Cl2NO2S2. The van der Waals surface area contributed by atoms with Crippen LogP contribution >= 0.6 is 46.3 Å². The largest absolute Gasteiger partial charge is 0.293 e. The monoisotopic (exact) mass is 383 g/mol. The molecule has 0 radical (unpaired) electrons. The summed E-state index contributed by atoms with van der Waals surface area (Å²) in [6.07, 6.45) is 1.75. The number of carbonyl (C=O) groups excluding carboxylic acids is 2. The second-order valence-electron chi connectivity index (χ2n) is 4.92. The van der Waals surface area contributed by atoms with E-state index in [0.717, 1.165) is 21.5 Å². The third-order valence-corrected chi connectivity index (χ3v) is 5.85. The summed E-state index contributed by atoms with van der Waals surface area (Å²) >= 11 is 14.7. The van der Waals surface area contributed by atoms with Crippen molar-refractivity contribution in [2.45, 2.75) is 13.5 Å². The predicted octanol–water partition coefficient (Wildman–Crippen LogP) is 5.60. The minimum absolute atomic E-state index is 0.0734. The zero-order chi connectivity index (χ0) is 16.6. The predicted molar refractivity (Wildman–Crippen MR) is 97.0 cm³/mol. The van der Waals surface area contributed by atoms with Gasteiger partial charge in [0.25, 0.3) is 11.1 Å². The van der Waals surface area contributed by atoms with Crippen molar-refractivity contribution >= 4 is 63.5 Å². The maximum absolute atomic E-state index is 12.5. The van der Waals surface area contributed by atoms with Crippen LogP contribution in [0.4, 0.5) is 4.79 Å². The van der Waals surface area contributed by atoms with Crippen LogP contribution in [0.1, 0.15) is 15.3 Å². The van der Waals surface area contributed by atoms with E-state index in [0.29, 0.717) is 20.5 Å². The Morgan fingerprint density at radius 2 is 1.83 bits per heavy atom. The molecule has 0 unspecified atom stereocenters. The highest BCUT2D eigenvalue weighted by atomic mass is 35.5. The molecule has 0 spiro atoms. The summed E-state index contributed by atoms with van der Waals surface area (Å²) in [6.45, 7) is 2.07. The molecule has 2 amide bonds. The van der Waals surface area contributed by atoms with Gasteiger partial charge in [0.1, 0.15) is 0 Å². The lowest BCUT2D eigenvalue weighted by Crippen LogP contribution is -2.27. The minimum atomic E-state index is -0.318. The smallest absolute Gasteiger partial charge is 0.268 e. The summed E-state index contributed by atoms with van der Waals surface area (Å²) in [7, 11) is 0. The molecular weight excluding hydrogens is 373 g/mol. The van der Waals surface area contributed by atoms with Crippen molar-refractivity contribution in [1.82, 2.24) is 4.90 Å². The second kappa shape index (κ2) is 6.69. The average molecular weight is 384 g/mol. The van der Waals surface area contributed by atoms with Crippen LogP contribution in [-0.4, -0.2) is 16.0 Å². The first kappa shape index (κ1) is 16.6. The van der Waals surface area contributed by atoms with Crippen LogP contribution in [0, 0.1) is 6.92 Å². The molecule has 2 aromatic rings. The molecule has 1 aromatic carbocycles. The third kappa shape index (κ3) is 3.48. The molecule has 7 heteroatoms. The van der Waals surface area contributed by atoms with E-state index in [4.69, 9.17) is 23.2 Å². The number of aryl methyl sites for hydroxylation is 1. The maximum atomic E-state index is 12.5. The van der Waals surface area contributed by atoms with Gasteiger partial charge in [-0.25, -0.2) is 0 Å². The van der Waals surface area contributed by atoms with E-state index >= 15 is 0 Å². The summed E-state index contributed by atoms with van der Waals surface area (Å²) in [4.78, 5) is 28.3. The fourth-order valence-electron chi connectivity index (χ4n) is 2.14. The van der Waals surface area contributed by atoms with Crippen molar-refractivity contribution in [1.29, 1.82) is 0 Å². The molecule has 1 aliphatic heterocycles. The van der Waals surface area contributed by atoms with Crippen molar-refractivity contribution in [3.8, 4) is 0 Å². The number of hydrogen-bond donors (Lipinski definition) is 0. The van der Waals surface area contributed by atoms with Gasteiger partial charge in [0, 0.05) is 25.4 Å². The van der Waals surface area contributed by atoms with Crippen LogP contribution in [0.25, 0.3) is 6.08 Å². The number of imide groups is 1. The minimum Gasteiger partial charge on any atom is -0.268 e. The normalized spacial score (nSPS) is 16.7. The zero-order valence-electron chi connectivity index (χ0n) is 12.0. The first-order valence-corrected chi connectivity index (χ1v) is 9.09. The van der Waals surface area contributed by atoms with Crippen LogP contribution in [0.3, 0.4) is 0 Å². The molecule has 3 rings (SSSR count). The van der Waals surface area contributed by atoms with Crippen molar-refractivity contribution in [3.05, 3.63) is 60.6 Å². The molecule has 1 aliphatic rings. The van der Waals surface area contributed by atoms with Gasteiger partial charge in [-0.05, 0) is 49.0 Å². The SMILES string of the molecule is Cc1ccc(C=C2SC(=O)N(Cc3c(Cl)cccc3Cl)C2=O)s1. The first-order valence-electron chi connectivity index (χ1n) is 6.70. The van der Waals surface area contributed by atoms with Gasteiger partial charge in [0.2, 0.25) is 0 Å². The van der Waals surface area contributed by atoms with Crippen molar-refractivity contribution in [3.63, 3.8) is 0 Å². The van der Waals surface area contributed by atoms with Crippen LogP contribution in [0.2, 0.25) is 10.0 Å². The van der Waals surface area contributed by atoms with Crippen LogP contribution in [0.15, 0.2) is 35.2 Å². The number of carbonyl (C=O) groups is 2. The number of amides is 2. The molecule has 23 heavy (non-hydrogen) atoms. The van der Waals surface area contributed by atoms with Crippen LogP contribution in [0.5, 0.6) is 0 Å². The molecule has 1 fully saturated rings. The van der Waals surface area contributed by atoms with Gasteiger partial charge in [0.05, 0.1) is 11.4 Å². The molecule has 0 bridgehead atoms. The molecule has 1 saturated heterocycles. The Morgan fingerprint density at radius 1 is 1.13 bits per heavy atom. The summed E-state index contributed by atoms with van der Waals surface area (Å²) in [5, 5.41) is 0.564. The quantitative estimate of drug-likeness (QED) is 0.647. The van der Waals surface area contributed by atoms with E-state index in [1.807, 2.05) is 19.1 Å². The molecule has 1 aromatic heterocycles. The summed E-state index contributed by atoms with van der Waals surface area (Å²) in [5.41, 5.74) is 0.575. The van der Waals surface area contributed by atoms with E-state index in [1.54, 1.807) is 35.6 Å². The van der Waals surface area contributed by atoms with Gasteiger partial charge in [-0.3, -0.25) is 14.5 Å². The van der Waals surface area contributed by atoms with Gasteiger partial charge in [0.15, 0.2) is 0 Å². The van der Waals surface area contributed by atoms with Crippen molar-refractivity contribution in [2.75, 3.05) is 0 Å². The van der Waals surface area contributed by atoms with Gasteiger partial charge in [-0.2, -0.15) is 0 Å². The van der Waals surface area contributed by atoms with E-state index < -0.39 is 0 Å². The van der Waals surface area contributed by atoms with Crippen molar-refractivity contribution < 1.29 is 9.59 Å². The van der Waals surface area contributed by atoms with Crippen LogP contribution < -0.4 is 0 Å². The Labute approximate surface area is 151 Å². The number of nitrogens with zero attached hydrogens (tertiary/aromatic N) is 1. The van der Waals surface area contributed by atoms with E-state index in [2.05, 4.69) is 0 Å². The van der Waals surface area contributed by atoms with Gasteiger partial charge in [-0.1, -0.05) is 29.3 Å². The van der Waals surface area contributed by atoms with Gasteiger partial charge in [-0.15, -0.1) is 11.3 Å². The molecule has 3 nitrogen and oxygen atoms in total. The van der Waals surface area contributed by atoms with Crippen LogP contribution in [-0.2, 0) is 11.3 Å². The molecule has 0 N–H and O–H groups in total. The summed E-state index contributed by atoms with van der Waals surface area (Å²) < 4.78 is 0. The van der Waals surface area contributed by atoms with E-state index in [-0.39, 0.29) is 17.7 Å². The zero-order valence-corrected chi connectivity index (χ0v) is 15.2. The number of hydrogen-bond acceptors (Lipinski definition) is 4. The van der Waals surface area contributed by atoms with Crippen molar-refractivity contribution in [2.24, 2.45) is 0 Å². The second-order valence-corrected chi connectivity index (χ2v) is 8.04. The Balaban J connectivity index is 1.86. The Morgan fingerprint density at radius 3 is 2.43 bits per heavy atom. The number of halogens is 2. The lowest BCUT2D eigenvalue weighted by molar-refractivity contribution is -0.123. The van der Waals surface area contributed by atoms with Gasteiger partial charge >= 0.3 is 0 Å². The number of benzene rings is 1. The molecule has 118 valence electrons. The lowest BCUT2D eigenvalue weighted by atomic mass is 10.2. The maximum Gasteiger partial charge on any atom is 0.293 e. The standard InChI is InChI=1S/C16H11Cl2NO2S2/c1-9-5-6-10(22-9)7-14-15(20)19(16(21)23-14)8-11-12(17)3-2-4-13(11)18/h2-7H,8H2,1H3. The highest BCUT2D eigenvalue weighted by Crippen LogP contribution is 2.36. The van der Waals surface area contributed by atoms with E-state index in [9.17, 15) is 9.59 Å². The topological polar surface area (TPSA) is 37.4 Å². The Bertz CT molecular complexity index is 809. The molecule has 0 aliphatic carbocycles. The Hall–Kier alpha value is -1.27. The Kier molecular flexibility index (Phi) is 4.82. The highest BCUT2D eigenvalue weighted by molar-refractivity contribution is 8.18.